The zero-order valence-electron chi connectivity index (χ0n) is 15.4. The summed E-state index contributed by atoms with van der Waals surface area (Å²) < 4.78 is 1.71. The molecule has 0 radical (unpaired) electrons. The Morgan fingerprint density at radius 3 is 2.65 bits per heavy atom. The second kappa shape index (κ2) is 9.10. The van der Waals surface area contributed by atoms with Gasteiger partial charge in [-0.05, 0) is 25.5 Å². The van der Waals surface area contributed by atoms with Gasteiger partial charge in [-0.15, -0.1) is 0 Å². The smallest absolute Gasteiger partial charge is 0.269 e. The standard InChI is InChI=1S/C18H25N5O3/c1-4-13(2)20-17(24)9-10-19-11-15-12-22(3)21-18(15)14-5-7-16(8-6-14)23(25)26/h5-8,12-13,19H,4,9-11H2,1-3H3,(H,20,24). The zero-order chi connectivity index (χ0) is 19.1. The van der Waals surface area contributed by atoms with Crippen LogP contribution in [0.3, 0.4) is 0 Å². The van der Waals surface area contributed by atoms with Crippen LogP contribution in [0.2, 0.25) is 0 Å². The molecule has 140 valence electrons. The van der Waals surface area contributed by atoms with Gasteiger partial charge in [0.25, 0.3) is 5.69 Å². The average molecular weight is 359 g/mol. The van der Waals surface area contributed by atoms with Gasteiger partial charge in [0.15, 0.2) is 0 Å². The molecular weight excluding hydrogens is 334 g/mol. The molecule has 1 amide bonds. The molecule has 2 rings (SSSR count). The lowest BCUT2D eigenvalue weighted by Crippen LogP contribution is -2.33. The third kappa shape index (κ3) is 5.38. The molecule has 0 spiro atoms. The second-order valence-electron chi connectivity index (χ2n) is 6.28. The Labute approximate surface area is 152 Å². The van der Waals surface area contributed by atoms with E-state index >= 15 is 0 Å². The Morgan fingerprint density at radius 2 is 2.04 bits per heavy atom. The predicted octanol–water partition coefficient (Wildman–Crippen LogP) is 2.39. The van der Waals surface area contributed by atoms with Crippen molar-refractivity contribution in [2.24, 2.45) is 7.05 Å². The van der Waals surface area contributed by atoms with Gasteiger partial charge >= 0.3 is 0 Å². The summed E-state index contributed by atoms with van der Waals surface area (Å²) in [6, 6.07) is 6.53. The number of hydrogen-bond acceptors (Lipinski definition) is 5. The first-order chi connectivity index (χ1) is 12.4. The Hall–Kier alpha value is -2.74. The number of nitro benzene ring substituents is 1. The third-order valence-corrected chi connectivity index (χ3v) is 4.12. The molecule has 2 N–H and O–H groups in total. The number of aromatic nitrogens is 2. The van der Waals surface area contributed by atoms with Crippen LogP contribution in [0.5, 0.6) is 0 Å². The lowest BCUT2D eigenvalue weighted by Gasteiger charge is -2.11. The molecule has 1 aromatic heterocycles. The van der Waals surface area contributed by atoms with Crippen molar-refractivity contribution in [2.75, 3.05) is 6.54 Å². The summed E-state index contributed by atoms with van der Waals surface area (Å²) in [5.41, 5.74) is 2.63. The maximum absolute atomic E-state index is 11.8. The number of carbonyl (C=O) groups excluding carboxylic acids is 1. The van der Waals surface area contributed by atoms with Gasteiger partial charge in [-0.1, -0.05) is 6.92 Å². The predicted molar refractivity (Wildman–Crippen MR) is 99.5 cm³/mol. The van der Waals surface area contributed by atoms with Crippen LogP contribution in [0.4, 0.5) is 5.69 Å². The van der Waals surface area contributed by atoms with Crippen LogP contribution in [0.15, 0.2) is 30.5 Å². The summed E-state index contributed by atoms with van der Waals surface area (Å²) in [5.74, 6) is 0.0358. The van der Waals surface area contributed by atoms with Crippen molar-refractivity contribution in [3.05, 3.63) is 46.1 Å². The fourth-order valence-electron chi connectivity index (χ4n) is 2.53. The number of rotatable bonds is 9. The van der Waals surface area contributed by atoms with E-state index in [0.717, 1.165) is 23.2 Å². The second-order valence-corrected chi connectivity index (χ2v) is 6.28. The number of amides is 1. The van der Waals surface area contributed by atoms with E-state index < -0.39 is 4.92 Å². The fourth-order valence-corrected chi connectivity index (χ4v) is 2.53. The average Bonchev–Trinajstić information content (AvgIpc) is 2.99. The van der Waals surface area contributed by atoms with E-state index in [-0.39, 0.29) is 17.6 Å². The van der Waals surface area contributed by atoms with E-state index in [9.17, 15) is 14.9 Å². The molecule has 26 heavy (non-hydrogen) atoms. The lowest BCUT2D eigenvalue weighted by atomic mass is 10.1. The zero-order valence-corrected chi connectivity index (χ0v) is 15.4. The van der Waals surface area contributed by atoms with Gasteiger partial charge in [-0.2, -0.15) is 5.10 Å². The van der Waals surface area contributed by atoms with Crippen molar-refractivity contribution in [2.45, 2.75) is 39.3 Å². The summed E-state index contributed by atoms with van der Waals surface area (Å²) in [5, 5.41) is 21.4. The maximum Gasteiger partial charge on any atom is 0.269 e. The van der Waals surface area contributed by atoms with Gasteiger partial charge in [0.1, 0.15) is 0 Å². The molecule has 8 nitrogen and oxygen atoms in total. The normalized spacial score (nSPS) is 12.0. The molecule has 0 saturated carbocycles. The van der Waals surface area contributed by atoms with Gasteiger partial charge in [-0.3, -0.25) is 19.6 Å². The van der Waals surface area contributed by atoms with Gasteiger partial charge in [0, 0.05) is 62.1 Å². The minimum Gasteiger partial charge on any atom is -0.354 e. The van der Waals surface area contributed by atoms with E-state index in [4.69, 9.17) is 0 Å². The first kappa shape index (κ1) is 19.6. The van der Waals surface area contributed by atoms with Gasteiger partial charge < -0.3 is 10.6 Å². The van der Waals surface area contributed by atoms with Crippen molar-refractivity contribution in [1.82, 2.24) is 20.4 Å². The third-order valence-electron chi connectivity index (χ3n) is 4.12. The lowest BCUT2D eigenvalue weighted by molar-refractivity contribution is -0.384. The highest BCUT2D eigenvalue weighted by molar-refractivity contribution is 5.76. The summed E-state index contributed by atoms with van der Waals surface area (Å²) in [7, 11) is 1.83. The van der Waals surface area contributed by atoms with E-state index in [1.165, 1.54) is 12.1 Å². The Kier molecular flexibility index (Phi) is 6.85. The highest BCUT2D eigenvalue weighted by Crippen LogP contribution is 2.24. The van der Waals surface area contributed by atoms with Crippen molar-refractivity contribution in [3.8, 4) is 11.3 Å². The number of nitro groups is 1. The number of carbonyl (C=O) groups is 1. The summed E-state index contributed by atoms with van der Waals surface area (Å²) >= 11 is 0. The van der Waals surface area contributed by atoms with Gasteiger partial charge in [0.05, 0.1) is 10.6 Å². The van der Waals surface area contributed by atoms with E-state index in [2.05, 4.69) is 15.7 Å². The van der Waals surface area contributed by atoms with E-state index in [1.807, 2.05) is 27.1 Å². The number of benzene rings is 1. The molecule has 1 heterocycles. The molecule has 1 unspecified atom stereocenters. The molecule has 8 heteroatoms. The first-order valence-electron chi connectivity index (χ1n) is 8.68. The largest absolute Gasteiger partial charge is 0.354 e. The van der Waals surface area contributed by atoms with Crippen LogP contribution in [0, 0.1) is 10.1 Å². The fraction of sp³-hybridized carbons (Fsp3) is 0.444. The van der Waals surface area contributed by atoms with Crippen LogP contribution >= 0.6 is 0 Å². The molecule has 0 fully saturated rings. The van der Waals surface area contributed by atoms with Crippen LogP contribution in [-0.4, -0.2) is 33.2 Å². The Morgan fingerprint density at radius 1 is 1.35 bits per heavy atom. The first-order valence-corrected chi connectivity index (χ1v) is 8.68. The Bertz CT molecular complexity index is 755. The summed E-state index contributed by atoms with van der Waals surface area (Å²) in [4.78, 5) is 22.1. The van der Waals surface area contributed by atoms with E-state index in [0.29, 0.717) is 19.5 Å². The minimum absolute atomic E-state index is 0.0358. The highest BCUT2D eigenvalue weighted by atomic mass is 16.6. The molecule has 0 bridgehead atoms. The molecule has 0 aliphatic rings. The van der Waals surface area contributed by atoms with Gasteiger partial charge in [0.2, 0.25) is 5.91 Å². The van der Waals surface area contributed by atoms with Crippen LogP contribution in [0.1, 0.15) is 32.3 Å². The van der Waals surface area contributed by atoms with Crippen LogP contribution in [-0.2, 0) is 18.4 Å². The quantitative estimate of drug-likeness (QED) is 0.407. The molecule has 0 saturated heterocycles. The molecule has 0 aliphatic carbocycles. The SMILES string of the molecule is CCC(C)NC(=O)CCNCc1cn(C)nc1-c1ccc([N+](=O)[O-])cc1. The molecule has 2 aromatic rings. The number of aryl methyl sites for hydroxylation is 1. The molecular formula is C18H25N5O3. The topological polar surface area (TPSA) is 102 Å². The van der Waals surface area contributed by atoms with Crippen LogP contribution in [0.25, 0.3) is 11.3 Å². The minimum atomic E-state index is -0.422. The van der Waals surface area contributed by atoms with Crippen molar-refractivity contribution < 1.29 is 9.72 Å². The molecule has 0 aliphatic heterocycles. The molecule has 1 aromatic carbocycles. The van der Waals surface area contributed by atoms with Crippen LogP contribution < -0.4 is 10.6 Å². The Balaban J connectivity index is 1.94. The van der Waals surface area contributed by atoms with Crippen molar-refractivity contribution in [3.63, 3.8) is 0 Å². The maximum atomic E-state index is 11.8. The number of nitrogens with one attached hydrogen (secondary N) is 2. The number of hydrogen-bond donors (Lipinski definition) is 2. The monoisotopic (exact) mass is 359 g/mol. The number of non-ortho nitro benzene ring substituents is 1. The molecule has 1 atom stereocenters. The summed E-state index contributed by atoms with van der Waals surface area (Å²) in [6.45, 7) is 5.15. The number of nitrogens with zero attached hydrogens (tertiary/aromatic N) is 3. The van der Waals surface area contributed by atoms with Gasteiger partial charge in [-0.25, -0.2) is 0 Å². The van der Waals surface area contributed by atoms with E-state index in [1.54, 1.807) is 16.8 Å². The van der Waals surface area contributed by atoms with Crippen molar-refractivity contribution in [1.29, 1.82) is 0 Å². The highest BCUT2D eigenvalue weighted by Gasteiger charge is 2.12. The summed E-state index contributed by atoms with van der Waals surface area (Å²) in [6.07, 6.45) is 3.23. The van der Waals surface area contributed by atoms with Crippen molar-refractivity contribution >= 4 is 11.6 Å².